The van der Waals surface area contributed by atoms with Gasteiger partial charge < -0.3 is 15.0 Å². The molecule has 1 amide bonds. The van der Waals surface area contributed by atoms with Gasteiger partial charge in [0.25, 0.3) is 0 Å². The summed E-state index contributed by atoms with van der Waals surface area (Å²) < 4.78 is 7.40. The van der Waals surface area contributed by atoms with Gasteiger partial charge in [0.1, 0.15) is 0 Å². The lowest BCUT2D eigenvalue weighted by molar-refractivity contribution is -0.117. The molecule has 1 N–H and O–H groups in total. The fraction of sp³-hybridized carbons (Fsp3) is 0.500. The summed E-state index contributed by atoms with van der Waals surface area (Å²) in [4.78, 5) is 17.3. The first kappa shape index (κ1) is 18.0. The average Bonchev–Trinajstić information content (AvgIpc) is 3.36. The molecule has 0 radical (unpaired) electrons. The Bertz CT molecular complexity index is 743. The Kier molecular flexibility index (Phi) is 5.69. The number of morpholine rings is 1. The number of anilines is 2. The van der Waals surface area contributed by atoms with E-state index in [9.17, 15) is 4.79 Å². The van der Waals surface area contributed by atoms with Crippen molar-refractivity contribution in [2.24, 2.45) is 0 Å². The van der Waals surface area contributed by atoms with Crippen LogP contribution in [0.1, 0.15) is 12.8 Å². The average molecular weight is 369 g/mol. The zero-order valence-electron chi connectivity index (χ0n) is 15.6. The molecule has 0 bridgehead atoms. The highest BCUT2D eigenvalue weighted by molar-refractivity contribution is 5.95. The molecule has 1 aromatic carbocycles. The fourth-order valence-electron chi connectivity index (χ4n) is 3.97. The minimum Gasteiger partial charge on any atom is -0.378 e. The summed E-state index contributed by atoms with van der Waals surface area (Å²) in [5, 5.41) is 7.43. The predicted octanol–water partition coefficient (Wildman–Crippen LogP) is 1.82. The van der Waals surface area contributed by atoms with Crippen LogP contribution in [-0.4, -0.2) is 66.0 Å². The third-order valence-corrected chi connectivity index (χ3v) is 5.33. The van der Waals surface area contributed by atoms with E-state index in [4.69, 9.17) is 4.74 Å². The molecule has 3 heterocycles. The molecule has 0 spiro atoms. The fourth-order valence-corrected chi connectivity index (χ4v) is 3.97. The van der Waals surface area contributed by atoms with Crippen molar-refractivity contribution < 1.29 is 9.53 Å². The summed E-state index contributed by atoms with van der Waals surface area (Å²) in [5.41, 5.74) is 1.95. The number of rotatable bonds is 6. The van der Waals surface area contributed by atoms with Crippen LogP contribution in [0.2, 0.25) is 0 Å². The second kappa shape index (κ2) is 8.54. The largest absolute Gasteiger partial charge is 0.378 e. The van der Waals surface area contributed by atoms with E-state index in [1.807, 2.05) is 35.1 Å². The van der Waals surface area contributed by atoms with E-state index in [0.29, 0.717) is 12.6 Å². The second-order valence-electron chi connectivity index (χ2n) is 7.16. The first-order valence-electron chi connectivity index (χ1n) is 9.72. The van der Waals surface area contributed by atoms with Crippen molar-refractivity contribution in [3.8, 4) is 0 Å². The highest BCUT2D eigenvalue weighted by atomic mass is 16.5. The SMILES string of the molecule is O=C(CN1CCC[C@H]1Cn1cccn1)Nc1ccccc1N1CCOCC1. The van der Waals surface area contributed by atoms with Gasteiger partial charge in [-0.2, -0.15) is 5.10 Å². The zero-order chi connectivity index (χ0) is 18.5. The zero-order valence-corrected chi connectivity index (χ0v) is 15.6. The number of aromatic nitrogens is 2. The van der Waals surface area contributed by atoms with Gasteiger partial charge >= 0.3 is 0 Å². The quantitative estimate of drug-likeness (QED) is 0.842. The van der Waals surface area contributed by atoms with Crippen molar-refractivity contribution >= 4 is 17.3 Å². The van der Waals surface area contributed by atoms with Gasteiger partial charge in [-0.1, -0.05) is 12.1 Å². The molecular weight excluding hydrogens is 342 g/mol. The molecule has 2 aromatic rings. The molecule has 4 rings (SSSR count). The normalized spacial score (nSPS) is 20.7. The summed E-state index contributed by atoms with van der Waals surface area (Å²) in [6.45, 7) is 5.38. The van der Waals surface area contributed by atoms with Crippen LogP contribution in [0.3, 0.4) is 0 Å². The van der Waals surface area contributed by atoms with Crippen molar-refractivity contribution in [2.75, 3.05) is 49.6 Å². The van der Waals surface area contributed by atoms with Crippen LogP contribution in [0, 0.1) is 0 Å². The molecule has 0 saturated carbocycles. The maximum atomic E-state index is 12.7. The molecule has 2 fully saturated rings. The Labute approximate surface area is 159 Å². The van der Waals surface area contributed by atoms with Crippen molar-refractivity contribution in [3.63, 3.8) is 0 Å². The van der Waals surface area contributed by atoms with Gasteiger partial charge in [-0.05, 0) is 37.6 Å². The number of amides is 1. The lowest BCUT2D eigenvalue weighted by atomic mass is 10.2. The Morgan fingerprint density at radius 3 is 2.85 bits per heavy atom. The third-order valence-electron chi connectivity index (χ3n) is 5.33. The summed E-state index contributed by atoms with van der Waals surface area (Å²) in [7, 11) is 0. The number of carbonyl (C=O) groups excluding carboxylic acids is 1. The molecule has 0 aliphatic carbocycles. The molecule has 2 aliphatic heterocycles. The van der Waals surface area contributed by atoms with Crippen LogP contribution in [0.15, 0.2) is 42.7 Å². The first-order chi connectivity index (χ1) is 13.3. The first-order valence-corrected chi connectivity index (χ1v) is 9.72. The number of nitrogens with zero attached hydrogens (tertiary/aromatic N) is 4. The van der Waals surface area contributed by atoms with Gasteiger partial charge in [0, 0.05) is 31.5 Å². The van der Waals surface area contributed by atoms with Crippen molar-refractivity contribution in [3.05, 3.63) is 42.7 Å². The topological polar surface area (TPSA) is 62.6 Å². The number of carbonyl (C=O) groups is 1. The van der Waals surface area contributed by atoms with Crippen LogP contribution < -0.4 is 10.2 Å². The lowest BCUT2D eigenvalue weighted by Crippen LogP contribution is -2.39. The lowest BCUT2D eigenvalue weighted by Gasteiger charge is -2.30. The number of benzene rings is 1. The van der Waals surface area contributed by atoms with Crippen molar-refractivity contribution in [2.45, 2.75) is 25.4 Å². The van der Waals surface area contributed by atoms with Gasteiger partial charge in [-0.25, -0.2) is 0 Å². The molecule has 1 atom stereocenters. The molecular formula is C20H27N5O2. The number of hydrogen-bond donors (Lipinski definition) is 1. The molecule has 144 valence electrons. The van der Waals surface area contributed by atoms with E-state index >= 15 is 0 Å². The minimum atomic E-state index is 0.0445. The number of para-hydroxylation sites is 2. The van der Waals surface area contributed by atoms with Crippen LogP contribution >= 0.6 is 0 Å². The van der Waals surface area contributed by atoms with Gasteiger partial charge in [0.05, 0.1) is 37.7 Å². The summed E-state index contributed by atoms with van der Waals surface area (Å²) >= 11 is 0. The van der Waals surface area contributed by atoms with Gasteiger partial charge in [0.2, 0.25) is 5.91 Å². The smallest absolute Gasteiger partial charge is 0.238 e. The maximum Gasteiger partial charge on any atom is 0.238 e. The van der Waals surface area contributed by atoms with Crippen LogP contribution in [0.25, 0.3) is 0 Å². The number of ether oxygens (including phenoxy) is 1. The van der Waals surface area contributed by atoms with E-state index in [-0.39, 0.29) is 5.91 Å². The molecule has 2 aliphatic rings. The van der Waals surface area contributed by atoms with E-state index in [0.717, 1.165) is 63.6 Å². The number of likely N-dealkylation sites (tertiary alicyclic amines) is 1. The van der Waals surface area contributed by atoms with E-state index < -0.39 is 0 Å². The standard InChI is InChI=1S/C20H27N5O2/c26-20(16-24-9-3-5-17(24)15-25-10-4-8-21-25)22-18-6-1-2-7-19(18)23-11-13-27-14-12-23/h1-2,4,6-8,10,17H,3,5,9,11-16H2,(H,22,26)/t17-/m0/s1. The summed E-state index contributed by atoms with van der Waals surface area (Å²) in [6, 6.07) is 10.3. The molecule has 27 heavy (non-hydrogen) atoms. The summed E-state index contributed by atoms with van der Waals surface area (Å²) in [5.74, 6) is 0.0445. The minimum absolute atomic E-state index is 0.0445. The molecule has 0 unspecified atom stereocenters. The van der Waals surface area contributed by atoms with Crippen molar-refractivity contribution in [1.82, 2.24) is 14.7 Å². The number of nitrogens with one attached hydrogen (secondary N) is 1. The Morgan fingerprint density at radius 2 is 2.04 bits per heavy atom. The maximum absolute atomic E-state index is 12.7. The molecule has 7 heteroatoms. The molecule has 7 nitrogen and oxygen atoms in total. The molecule has 2 saturated heterocycles. The third kappa shape index (κ3) is 4.48. The highest BCUT2D eigenvalue weighted by Gasteiger charge is 2.27. The van der Waals surface area contributed by atoms with E-state index in [1.165, 1.54) is 0 Å². The second-order valence-corrected chi connectivity index (χ2v) is 7.16. The van der Waals surface area contributed by atoms with Gasteiger partial charge in [-0.15, -0.1) is 0 Å². The van der Waals surface area contributed by atoms with Crippen LogP contribution in [-0.2, 0) is 16.1 Å². The Balaban J connectivity index is 1.38. The van der Waals surface area contributed by atoms with Gasteiger partial charge in [-0.3, -0.25) is 14.4 Å². The van der Waals surface area contributed by atoms with Gasteiger partial charge in [0.15, 0.2) is 0 Å². The van der Waals surface area contributed by atoms with E-state index in [1.54, 1.807) is 6.20 Å². The Morgan fingerprint density at radius 1 is 1.19 bits per heavy atom. The highest BCUT2D eigenvalue weighted by Crippen LogP contribution is 2.26. The van der Waals surface area contributed by atoms with Crippen molar-refractivity contribution in [1.29, 1.82) is 0 Å². The Hall–Kier alpha value is -2.38. The predicted molar refractivity (Wildman–Crippen MR) is 105 cm³/mol. The van der Waals surface area contributed by atoms with Crippen LogP contribution in [0.5, 0.6) is 0 Å². The number of hydrogen-bond acceptors (Lipinski definition) is 5. The monoisotopic (exact) mass is 369 g/mol. The van der Waals surface area contributed by atoms with Crippen LogP contribution in [0.4, 0.5) is 11.4 Å². The van der Waals surface area contributed by atoms with E-state index in [2.05, 4.69) is 26.3 Å². The molecule has 1 aromatic heterocycles. The summed E-state index contributed by atoms with van der Waals surface area (Å²) in [6.07, 6.45) is 6.02.